The van der Waals surface area contributed by atoms with Gasteiger partial charge in [-0.2, -0.15) is 0 Å². The smallest absolute Gasteiger partial charge is 0.224 e. The number of hydrogen-bond donors (Lipinski definition) is 2. The van der Waals surface area contributed by atoms with Crippen molar-refractivity contribution in [3.63, 3.8) is 0 Å². The van der Waals surface area contributed by atoms with Crippen LogP contribution < -0.4 is 11.1 Å². The second kappa shape index (κ2) is 7.61. The van der Waals surface area contributed by atoms with Gasteiger partial charge in [0.1, 0.15) is 0 Å². The molecular weight excluding hydrogens is 274 g/mol. The van der Waals surface area contributed by atoms with E-state index >= 15 is 0 Å². The first-order valence-electron chi connectivity index (χ1n) is 7.38. The van der Waals surface area contributed by atoms with Crippen LogP contribution in [0.15, 0.2) is 54.6 Å². The van der Waals surface area contributed by atoms with E-state index in [-0.39, 0.29) is 11.9 Å². The van der Waals surface area contributed by atoms with Gasteiger partial charge in [0.2, 0.25) is 5.91 Å². The molecule has 3 N–H and O–H groups in total. The summed E-state index contributed by atoms with van der Waals surface area (Å²) in [6.07, 6.45) is 0.335. The van der Waals surface area contributed by atoms with Crippen molar-refractivity contribution >= 4 is 11.6 Å². The predicted molar refractivity (Wildman–Crippen MR) is 90.4 cm³/mol. The summed E-state index contributed by atoms with van der Waals surface area (Å²) >= 11 is 0. The molecule has 0 saturated carbocycles. The van der Waals surface area contributed by atoms with E-state index in [4.69, 9.17) is 5.73 Å². The van der Waals surface area contributed by atoms with E-state index in [1.165, 1.54) is 0 Å². The Balaban J connectivity index is 2.05. The topological polar surface area (TPSA) is 58.4 Å². The molecule has 0 aliphatic rings. The van der Waals surface area contributed by atoms with Crippen LogP contribution >= 0.6 is 0 Å². The molecule has 0 spiro atoms. The second-order valence-electron chi connectivity index (χ2n) is 5.71. The van der Waals surface area contributed by atoms with E-state index in [9.17, 15) is 4.79 Å². The third-order valence-corrected chi connectivity index (χ3v) is 3.40. The van der Waals surface area contributed by atoms with Crippen molar-refractivity contribution in [3.05, 3.63) is 65.7 Å². The van der Waals surface area contributed by atoms with Gasteiger partial charge in [-0.3, -0.25) is 4.79 Å². The zero-order valence-electron chi connectivity index (χ0n) is 13.1. The molecule has 0 aromatic heterocycles. The van der Waals surface area contributed by atoms with Crippen LogP contribution in [0.5, 0.6) is 0 Å². The van der Waals surface area contributed by atoms with Crippen LogP contribution in [0.3, 0.4) is 0 Å². The summed E-state index contributed by atoms with van der Waals surface area (Å²) in [4.78, 5) is 14.4. The Morgan fingerprint density at radius 1 is 1.14 bits per heavy atom. The fraction of sp³-hybridized carbons (Fsp3) is 0.278. The molecule has 1 unspecified atom stereocenters. The molecule has 0 bridgehead atoms. The third-order valence-electron chi connectivity index (χ3n) is 3.40. The molecule has 2 rings (SSSR count). The van der Waals surface area contributed by atoms with Crippen molar-refractivity contribution in [1.82, 2.24) is 10.2 Å². The average Bonchev–Trinajstić information content (AvgIpc) is 2.47. The van der Waals surface area contributed by atoms with Crippen LogP contribution in [0.25, 0.3) is 0 Å². The zero-order chi connectivity index (χ0) is 15.9. The Bertz CT molecular complexity index is 611. The van der Waals surface area contributed by atoms with E-state index in [1.807, 2.05) is 68.7 Å². The minimum Gasteiger partial charge on any atom is -0.399 e. The van der Waals surface area contributed by atoms with Gasteiger partial charge in [0, 0.05) is 12.2 Å². The Morgan fingerprint density at radius 2 is 1.86 bits per heavy atom. The number of nitrogens with two attached hydrogens (primary N) is 1. The van der Waals surface area contributed by atoms with E-state index < -0.39 is 0 Å². The summed E-state index contributed by atoms with van der Waals surface area (Å²) in [7, 11) is 4.00. The maximum Gasteiger partial charge on any atom is 0.224 e. The third kappa shape index (κ3) is 4.90. The lowest BCUT2D eigenvalue weighted by Gasteiger charge is -2.23. The molecule has 4 nitrogen and oxygen atoms in total. The van der Waals surface area contributed by atoms with Crippen LogP contribution in [0.1, 0.15) is 17.2 Å². The fourth-order valence-electron chi connectivity index (χ4n) is 2.42. The highest BCUT2D eigenvalue weighted by molar-refractivity contribution is 5.79. The molecule has 4 heteroatoms. The molecule has 2 aromatic rings. The number of rotatable bonds is 6. The van der Waals surface area contributed by atoms with E-state index in [0.717, 1.165) is 17.7 Å². The van der Waals surface area contributed by atoms with E-state index in [2.05, 4.69) is 10.2 Å². The standard InChI is InChI=1S/C18H23N3O/c1-21(2)13-17(15-8-4-3-5-9-15)20-18(22)12-14-7-6-10-16(19)11-14/h3-11,17H,12-13,19H2,1-2H3,(H,20,22). The number of amides is 1. The molecule has 0 heterocycles. The monoisotopic (exact) mass is 297 g/mol. The molecule has 2 aromatic carbocycles. The summed E-state index contributed by atoms with van der Waals surface area (Å²) in [6.45, 7) is 0.757. The minimum absolute atomic E-state index is 0.00121. The molecule has 0 radical (unpaired) electrons. The molecule has 22 heavy (non-hydrogen) atoms. The molecule has 0 fully saturated rings. The maximum absolute atomic E-state index is 12.3. The number of carbonyl (C=O) groups is 1. The lowest BCUT2D eigenvalue weighted by Crippen LogP contribution is -2.36. The SMILES string of the molecule is CN(C)CC(NC(=O)Cc1cccc(N)c1)c1ccccc1. The first-order valence-corrected chi connectivity index (χ1v) is 7.38. The van der Waals surface area contributed by atoms with Gasteiger partial charge in [0.05, 0.1) is 12.5 Å². The maximum atomic E-state index is 12.3. The Hall–Kier alpha value is -2.33. The summed E-state index contributed by atoms with van der Waals surface area (Å²) in [5, 5.41) is 3.11. The van der Waals surface area contributed by atoms with Crippen LogP contribution in [0.4, 0.5) is 5.69 Å². The number of nitrogens with zero attached hydrogens (tertiary/aromatic N) is 1. The summed E-state index contributed by atoms with van der Waals surface area (Å²) in [6, 6.07) is 17.4. The van der Waals surface area contributed by atoms with Gasteiger partial charge in [-0.25, -0.2) is 0 Å². The molecule has 0 saturated heterocycles. The number of anilines is 1. The van der Waals surface area contributed by atoms with E-state index in [1.54, 1.807) is 0 Å². The van der Waals surface area contributed by atoms with Crippen LogP contribution in [-0.2, 0) is 11.2 Å². The van der Waals surface area contributed by atoms with Crippen molar-refractivity contribution in [2.45, 2.75) is 12.5 Å². The molecule has 1 atom stereocenters. The Labute approximate surface area is 131 Å². The highest BCUT2D eigenvalue weighted by Gasteiger charge is 2.15. The van der Waals surface area contributed by atoms with Crippen LogP contribution in [0, 0.1) is 0 Å². The van der Waals surface area contributed by atoms with Crippen molar-refractivity contribution in [2.24, 2.45) is 0 Å². The van der Waals surface area contributed by atoms with Gasteiger partial charge in [0.25, 0.3) is 0 Å². The number of carbonyl (C=O) groups excluding carboxylic acids is 1. The number of likely N-dealkylation sites (N-methyl/N-ethyl adjacent to an activating group) is 1. The van der Waals surface area contributed by atoms with Gasteiger partial charge in [-0.1, -0.05) is 42.5 Å². The van der Waals surface area contributed by atoms with Gasteiger partial charge >= 0.3 is 0 Å². The lowest BCUT2D eigenvalue weighted by atomic mass is 10.1. The van der Waals surface area contributed by atoms with Gasteiger partial charge in [-0.15, -0.1) is 0 Å². The molecule has 1 amide bonds. The van der Waals surface area contributed by atoms with Crippen molar-refractivity contribution < 1.29 is 4.79 Å². The second-order valence-corrected chi connectivity index (χ2v) is 5.71. The van der Waals surface area contributed by atoms with Crippen molar-refractivity contribution in [3.8, 4) is 0 Å². The Kier molecular flexibility index (Phi) is 5.55. The molecule has 0 aliphatic carbocycles. The molecule has 116 valence electrons. The lowest BCUT2D eigenvalue weighted by molar-refractivity contribution is -0.121. The first-order chi connectivity index (χ1) is 10.5. The fourth-order valence-corrected chi connectivity index (χ4v) is 2.42. The number of nitrogens with one attached hydrogen (secondary N) is 1. The number of hydrogen-bond acceptors (Lipinski definition) is 3. The number of benzene rings is 2. The highest BCUT2D eigenvalue weighted by atomic mass is 16.1. The minimum atomic E-state index is -0.0234. The summed E-state index contributed by atoms with van der Waals surface area (Å²) in [5.41, 5.74) is 8.47. The molecule has 0 aliphatic heterocycles. The summed E-state index contributed by atoms with van der Waals surface area (Å²) < 4.78 is 0. The van der Waals surface area contributed by atoms with Crippen LogP contribution in [-0.4, -0.2) is 31.4 Å². The van der Waals surface area contributed by atoms with Crippen molar-refractivity contribution in [1.29, 1.82) is 0 Å². The number of nitrogen functional groups attached to an aromatic ring is 1. The average molecular weight is 297 g/mol. The Morgan fingerprint density at radius 3 is 2.50 bits per heavy atom. The highest BCUT2D eigenvalue weighted by Crippen LogP contribution is 2.14. The van der Waals surface area contributed by atoms with Gasteiger partial charge in [0.15, 0.2) is 0 Å². The van der Waals surface area contributed by atoms with Crippen molar-refractivity contribution in [2.75, 3.05) is 26.4 Å². The quantitative estimate of drug-likeness (QED) is 0.804. The normalized spacial score (nSPS) is 12.1. The zero-order valence-corrected chi connectivity index (χ0v) is 13.1. The van der Waals surface area contributed by atoms with Gasteiger partial charge in [-0.05, 0) is 37.4 Å². The predicted octanol–water partition coefficient (Wildman–Crippen LogP) is 2.23. The first kappa shape index (κ1) is 16.0. The van der Waals surface area contributed by atoms with Crippen LogP contribution in [0.2, 0.25) is 0 Å². The largest absolute Gasteiger partial charge is 0.399 e. The van der Waals surface area contributed by atoms with Gasteiger partial charge < -0.3 is 16.0 Å². The molecular formula is C18H23N3O. The van der Waals surface area contributed by atoms with E-state index in [0.29, 0.717) is 12.1 Å². The summed E-state index contributed by atoms with van der Waals surface area (Å²) in [5.74, 6) is 0.00121.